The zero-order chi connectivity index (χ0) is 24.2. The lowest BCUT2D eigenvalue weighted by Crippen LogP contribution is -2.27. The number of aromatic nitrogens is 2. The second-order valence-electron chi connectivity index (χ2n) is 8.19. The van der Waals surface area contributed by atoms with Crippen LogP contribution in [0.3, 0.4) is 0 Å². The van der Waals surface area contributed by atoms with Crippen LogP contribution in [0.4, 0.5) is 16.2 Å². The molecule has 8 nitrogen and oxygen atoms in total. The van der Waals surface area contributed by atoms with Gasteiger partial charge in [-0.05, 0) is 54.1 Å². The Labute approximate surface area is 203 Å². The predicted molar refractivity (Wildman–Crippen MR) is 135 cm³/mol. The van der Waals surface area contributed by atoms with Crippen LogP contribution < -0.4 is 20.3 Å². The summed E-state index contributed by atoms with van der Waals surface area (Å²) >= 11 is 0. The molecule has 4 aromatic rings. The number of urea groups is 1. The van der Waals surface area contributed by atoms with Crippen molar-refractivity contribution in [2.75, 3.05) is 30.4 Å². The summed E-state index contributed by atoms with van der Waals surface area (Å²) in [5, 5.41) is 10.5. The molecule has 3 aromatic carbocycles. The average molecular weight is 468 g/mol. The maximum Gasteiger partial charge on any atom is 0.321 e. The summed E-state index contributed by atoms with van der Waals surface area (Å²) in [6, 6.07) is 24.6. The highest BCUT2D eigenvalue weighted by molar-refractivity contribution is 6.08. The van der Waals surface area contributed by atoms with Crippen molar-refractivity contribution < 1.29 is 14.3 Å². The van der Waals surface area contributed by atoms with Crippen molar-refractivity contribution >= 4 is 23.3 Å². The maximum absolute atomic E-state index is 13.3. The quantitative estimate of drug-likeness (QED) is 0.422. The first-order chi connectivity index (χ1) is 17.1. The molecule has 1 saturated heterocycles. The number of nitrogens with one attached hydrogen (secondary N) is 2. The predicted octanol–water partition coefficient (Wildman–Crippen LogP) is 4.39. The highest BCUT2D eigenvalue weighted by atomic mass is 16.5. The van der Waals surface area contributed by atoms with Crippen molar-refractivity contribution in [2.45, 2.75) is 6.54 Å². The molecule has 0 spiro atoms. The van der Waals surface area contributed by atoms with Crippen LogP contribution in [0.15, 0.2) is 85.1 Å². The Morgan fingerprint density at radius 2 is 1.77 bits per heavy atom. The smallest absolute Gasteiger partial charge is 0.321 e. The Balaban J connectivity index is 1.41. The van der Waals surface area contributed by atoms with Gasteiger partial charge in [-0.3, -0.25) is 14.4 Å². The first-order valence-corrected chi connectivity index (χ1v) is 11.3. The Kier molecular flexibility index (Phi) is 6.17. The van der Waals surface area contributed by atoms with Gasteiger partial charge in [-0.1, -0.05) is 30.3 Å². The molecule has 0 aliphatic carbocycles. The van der Waals surface area contributed by atoms with Gasteiger partial charge in [0.15, 0.2) is 0 Å². The minimum absolute atomic E-state index is 0.114. The molecule has 1 aliphatic rings. The second kappa shape index (κ2) is 9.72. The third-order valence-corrected chi connectivity index (χ3v) is 5.85. The normalized spacial score (nSPS) is 12.9. The van der Waals surface area contributed by atoms with Crippen molar-refractivity contribution in [3.63, 3.8) is 0 Å². The third kappa shape index (κ3) is 4.86. The molecule has 1 aliphatic heterocycles. The monoisotopic (exact) mass is 467 g/mol. The molecule has 3 amide bonds. The summed E-state index contributed by atoms with van der Waals surface area (Å²) in [6.45, 7) is 1.79. The number of rotatable bonds is 7. The van der Waals surface area contributed by atoms with Gasteiger partial charge in [-0.25, -0.2) is 4.79 Å². The van der Waals surface area contributed by atoms with Gasteiger partial charge in [0.1, 0.15) is 11.4 Å². The number of methoxy groups -OCH3 is 1. The molecule has 2 N–H and O–H groups in total. The maximum atomic E-state index is 13.3. The summed E-state index contributed by atoms with van der Waals surface area (Å²) in [4.78, 5) is 26.9. The largest absolute Gasteiger partial charge is 0.497 e. The van der Waals surface area contributed by atoms with Gasteiger partial charge in [-0.2, -0.15) is 5.10 Å². The van der Waals surface area contributed by atoms with Crippen LogP contribution in [-0.2, 0) is 6.54 Å². The van der Waals surface area contributed by atoms with E-state index in [0.29, 0.717) is 36.6 Å². The first kappa shape index (κ1) is 22.2. The fraction of sp³-hybridized carbons (Fsp3) is 0.148. The van der Waals surface area contributed by atoms with E-state index < -0.39 is 0 Å². The van der Waals surface area contributed by atoms with E-state index in [1.165, 1.54) is 0 Å². The second-order valence-corrected chi connectivity index (χ2v) is 8.19. The molecule has 1 fully saturated rings. The average Bonchev–Trinajstić information content (AvgIpc) is 3.51. The van der Waals surface area contributed by atoms with Crippen LogP contribution in [0.5, 0.6) is 5.75 Å². The topological polar surface area (TPSA) is 88.5 Å². The van der Waals surface area contributed by atoms with Gasteiger partial charge in [0.2, 0.25) is 0 Å². The first-order valence-electron chi connectivity index (χ1n) is 11.3. The van der Waals surface area contributed by atoms with Crippen LogP contribution in [0, 0.1) is 0 Å². The van der Waals surface area contributed by atoms with E-state index in [4.69, 9.17) is 9.84 Å². The minimum Gasteiger partial charge on any atom is -0.497 e. The zero-order valence-electron chi connectivity index (χ0n) is 19.3. The van der Waals surface area contributed by atoms with Crippen molar-refractivity contribution in [3.8, 4) is 17.0 Å². The molecule has 2 heterocycles. The van der Waals surface area contributed by atoms with Gasteiger partial charge in [-0.15, -0.1) is 0 Å². The number of ether oxygens (including phenoxy) is 1. The highest BCUT2D eigenvalue weighted by Crippen LogP contribution is 2.26. The Bertz CT molecular complexity index is 1330. The van der Waals surface area contributed by atoms with E-state index >= 15 is 0 Å². The van der Waals surface area contributed by atoms with E-state index in [9.17, 15) is 9.59 Å². The molecule has 0 saturated carbocycles. The van der Waals surface area contributed by atoms with Crippen LogP contribution in [0.25, 0.3) is 11.3 Å². The van der Waals surface area contributed by atoms with Gasteiger partial charge >= 0.3 is 6.03 Å². The lowest BCUT2D eigenvalue weighted by molar-refractivity contribution is 0.102. The summed E-state index contributed by atoms with van der Waals surface area (Å²) in [7, 11) is 1.61. The van der Waals surface area contributed by atoms with Gasteiger partial charge in [0.25, 0.3) is 5.91 Å². The molecule has 8 heteroatoms. The SMILES string of the molecule is COc1ccc(-c2nn(Cc3ccccc3)cc2C(=O)Nc2ccc(N3CCNC3=O)cc2)cc1. The lowest BCUT2D eigenvalue weighted by atomic mass is 10.1. The number of benzene rings is 3. The van der Waals surface area contributed by atoms with Gasteiger partial charge in [0.05, 0.1) is 19.2 Å². The summed E-state index contributed by atoms with van der Waals surface area (Å²) < 4.78 is 7.04. The Morgan fingerprint density at radius 3 is 2.43 bits per heavy atom. The van der Waals surface area contributed by atoms with Crippen molar-refractivity contribution in [2.24, 2.45) is 0 Å². The number of nitrogens with zero attached hydrogens (tertiary/aromatic N) is 3. The number of amides is 3. The fourth-order valence-corrected chi connectivity index (χ4v) is 4.04. The van der Waals surface area contributed by atoms with E-state index in [2.05, 4.69) is 10.6 Å². The van der Waals surface area contributed by atoms with Crippen LogP contribution >= 0.6 is 0 Å². The molecule has 0 bridgehead atoms. The van der Waals surface area contributed by atoms with Crippen molar-refractivity contribution in [3.05, 3.63) is 96.2 Å². The van der Waals surface area contributed by atoms with E-state index in [-0.39, 0.29) is 11.9 Å². The van der Waals surface area contributed by atoms with E-state index in [1.807, 2.05) is 66.7 Å². The molecule has 0 radical (unpaired) electrons. The molecular formula is C27H25N5O3. The molecule has 5 rings (SSSR count). The van der Waals surface area contributed by atoms with Crippen molar-refractivity contribution in [1.29, 1.82) is 0 Å². The molecule has 176 valence electrons. The van der Waals surface area contributed by atoms with Crippen LogP contribution in [-0.4, -0.2) is 41.9 Å². The Hall–Kier alpha value is -4.59. The molecular weight excluding hydrogens is 442 g/mol. The summed E-state index contributed by atoms with van der Waals surface area (Å²) in [6.07, 6.45) is 1.77. The van der Waals surface area contributed by atoms with Crippen LogP contribution in [0.2, 0.25) is 0 Å². The zero-order valence-corrected chi connectivity index (χ0v) is 19.3. The summed E-state index contributed by atoms with van der Waals surface area (Å²) in [5.41, 5.74) is 4.38. The highest BCUT2D eigenvalue weighted by Gasteiger charge is 2.22. The lowest BCUT2D eigenvalue weighted by Gasteiger charge is -2.14. The summed E-state index contributed by atoms with van der Waals surface area (Å²) in [5.74, 6) is 0.469. The number of hydrogen-bond acceptors (Lipinski definition) is 4. The van der Waals surface area contributed by atoms with E-state index in [0.717, 1.165) is 22.6 Å². The van der Waals surface area contributed by atoms with E-state index in [1.54, 1.807) is 35.0 Å². The number of hydrogen-bond donors (Lipinski definition) is 2. The standard InChI is InChI=1S/C27H25N5O3/c1-35-23-13-7-20(8-14-23)25-24(18-31(30-25)17-19-5-3-2-4-6-19)26(33)29-21-9-11-22(12-10-21)32-16-15-28-27(32)34/h2-14,18H,15-17H2,1H3,(H,28,34)(H,29,33). The molecule has 35 heavy (non-hydrogen) atoms. The minimum atomic E-state index is -0.262. The third-order valence-electron chi connectivity index (χ3n) is 5.85. The molecule has 0 atom stereocenters. The Morgan fingerprint density at radius 1 is 1.03 bits per heavy atom. The number of carbonyl (C=O) groups is 2. The van der Waals surface area contributed by atoms with Crippen LogP contribution in [0.1, 0.15) is 15.9 Å². The number of anilines is 2. The van der Waals surface area contributed by atoms with Gasteiger partial charge < -0.3 is 15.4 Å². The number of carbonyl (C=O) groups excluding carboxylic acids is 2. The molecule has 0 unspecified atom stereocenters. The van der Waals surface area contributed by atoms with Gasteiger partial charge in [0, 0.05) is 36.2 Å². The molecule has 1 aromatic heterocycles. The fourth-order valence-electron chi connectivity index (χ4n) is 4.04. The van der Waals surface area contributed by atoms with Crippen molar-refractivity contribution in [1.82, 2.24) is 15.1 Å².